The van der Waals surface area contributed by atoms with Crippen molar-refractivity contribution < 1.29 is 0 Å². The van der Waals surface area contributed by atoms with E-state index in [1.54, 1.807) is 22.2 Å². The predicted octanol–water partition coefficient (Wildman–Crippen LogP) is 4.04. The van der Waals surface area contributed by atoms with Crippen LogP contribution < -0.4 is 5.56 Å². The van der Waals surface area contributed by atoms with Crippen LogP contribution in [-0.4, -0.2) is 9.55 Å². The van der Waals surface area contributed by atoms with Gasteiger partial charge in [0.25, 0.3) is 5.56 Å². The molecule has 0 unspecified atom stereocenters. The Labute approximate surface area is 137 Å². The fraction of sp³-hybridized carbons (Fsp3) is 0.294. The fourth-order valence-electron chi connectivity index (χ4n) is 3.08. The van der Waals surface area contributed by atoms with E-state index in [1.807, 2.05) is 24.3 Å². The van der Waals surface area contributed by atoms with Gasteiger partial charge in [0.1, 0.15) is 4.83 Å². The predicted molar refractivity (Wildman–Crippen MR) is 91.1 cm³/mol. The number of thiophene rings is 1. The molecule has 22 heavy (non-hydrogen) atoms. The van der Waals surface area contributed by atoms with Crippen molar-refractivity contribution in [2.75, 3.05) is 0 Å². The number of aryl methyl sites for hydroxylation is 2. The lowest BCUT2D eigenvalue weighted by Crippen LogP contribution is -2.21. The van der Waals surface area contributed by atoms with Crippen molar-refractivity contribution in [1.29, 1.82) is 0 Å². The summed E-state index contributed by atoms with van der Waals surface area (Å²) < 4.78 is 1.70. The molecular formula is C17H15ClN2OS. The summed E-state index contributed by atoms with van der Waals surface area (Å²) in [5, 5.41) is 1.55. The molecule has 1 aliphatic rings. The van der Waals surface area contributed by atoms with E-state index in [2.05, 4.69) is 4.98 Å². The highest BCUT2D eigenvalue weighted by molar-refractivity contribution is 7.18. The Morgan fingerprint density at radius 1 is 1.18 bits per heavy atom. The zero-order chi connectivity index (χ0) is 15.1. The van der Waals surface area contributed by atoms with Crippen molar-refractivity contribution >= 4 is 33.2 Å². The number of benzene rings is 1. The van der Waals surface area contributed by atoms with E-state index in [9.17, 15) is 4.79 Å². The van der Waals surface area contributed by atoms with E-state index in [1.165, 1.54) is 23.3 Å². The lowest BCUT2D eigenvalue weighted by Gasteiger charge is -2.10. The second-order valence-corrected chi connectivity index (χ2v) is 7.22. The van der Waals surface area contributed by atoms with Crippen molar-refractivity contribution in [2.45, 2.75) is 32.2 Å². The van der Waals surface area contributed by atoms with Gasteiger partial charge in [-0.2, -0.15) is 0 Å². The minimum Gasteiger partial charge on any atom is -0.294 e. The van der Waals surface area contributed by atoms with E-state index >= 15 is 0 Å². The highest BCUT2D eigenvalue weighted by atomic mass is 35.5. The maximum atomic E-state index is 12.8. The van der Waals surface area contributed by atoms with E-state index < -0.39 is 0 Å². The summed E-state index contributed by atoms with van der Waals surface area (Å²) in [6, 6.07) is 7.59. The molecule has 0 bridgehead atoms. The second-order valence-electron chi connectivity index (χ2n) is 5.70. The van der Waals surface area contributed by atoms with Gasteiger partial charge in [0.2, 0.25) is 0 Å². The standard InChI is InChI=1S/C17H15ClN2OS/c18-12-7-5-11(6-8-12)9-20-10-19-16-15(17(20)21)13-3-1-2-4-14(13)22-16/h5-8,10H,1-4,9H2. The topological polar surface area (TPSA) is 34.9 Å². The summed E-state index contributed by atoms with van der Waals surface area (Å²) in [4.78, 5) is 19.6. The third kappa shape index (κ3) is 2.36. The van der Waals surface area contributed by atoms with Crippen molar-refractivity contribution in [3.8, 4) is 0 Å². The molecule has 0 saturated heterocycles. The fourth-order valence-corrected chi connectivity index (χ4v) is 4.43. The molecule has 5 heteroatoms. The maximum Gasteiger partial charge on any atom is 0.262 e. The second kappa shape index (κ2) is 5.52. The number of hydrogen-bond acceptors (Lipinski definition) is 3. The summed E-state index contributed by atoms with van der Waals surface area (Å²) in [5.41, 5.74) is 2.38. The molecule has 0 radical (unpaired) electrons. The summed E-state index contributed by atoms with van der Waals surface area (Å²) in [6.07, 6.45) is 6.16. The summed E-state index contributed by atoms with van der Waals surface area (Å²) >= 11 is 7.60. The van der Waals surface area contributed by atoms with Crippen molar-refractivity contribution in [2.24, 2.45) is 0 Å². The summed E-state index contributed by atoms with van der Waals surface area (Å²) in [7, 11) is 0. The largest absolute Gasteiger partial charge is 0.294 e. The number of halogens is 1. The SMILES string of the molecule is O=c1c2c3c(sc2ncn1Cc1ccc(Cl)cc1)CCCC3. The average Bonchev–Trinajstić information content (AvgIpc) is 2.91. The minimum absolute atomic E-state index is 0.0827. The van der Waals surface area contributed by atoms with E-state index in [-0.39, 0.29) is 5.56 Å². The van der Waals surface area contributed by atoms with Gasteiger partial charge in [0, 0.05) is 9.90 Å². The zero-order valence-corrected chi connectivity index (χ0v) is 13.6. The highest BCUT2D eigenvalue weighted by Gasteiger charge is 2.19. The van der Waals surface area contributed by atoms with Crippen LogP contribution in [0.15, 0.2) is 35.4 Å². The molecule has 1 aliphatic carbocycles. The monoisotopic (exact) mass is 330 g/mol. The summed E-state index contributed by atoms with van der Waals surface area (Å²) in [6.45, 7) is 0.531. The van der Waals surface area contributed by atoms with Crippen molar-refractivity contribution in [1.82, 2.24) is 9.55 Å². The van der Waals surface area contributed by atoms with E-state index in [0.29, 0.717) is 11.6 Å². The van der Waals surface area contributed by atoms with Gasteiger partial charge in [-0.1, -0.05) is 23.7 Å². The van der Waals surface area contributed by atoms with Crippen LogP contribution in [0.1, 0.15) is 28.8 Å². The first-order chi connectivity index (χ1) is 10.7. The third-order valence-electron chi connectivity index (χ3n) is 4.21. The van der Waals surface area contributed by atoms with Gasteiger partial charge in [-0.25, -0.2) is 4.98 Å². The lowest BCUT2D eigenvalue weighted by atomic mass is 9.97. The van der Waals surface area contributed by atoms with Gasteiger partial charge in [0.05, 0.1) is 18.3 Å². The number of aromatic nitrogens is 2. The van der Waals surface area contributed by atoms with Gasteiger partial charge in [0.15, 0.2) is 0 Å². The molecule has 0 aliphatic heterocycles. The Morgan fingerprint density at radius 2 is 1.95 bits per heavy atom. The van der Waals surface area contributed by atoms with Crippen molar-refractivity contribution in [3.63, 3.8) is 0 Å². The molecule has 0 spiro atoms. The Hall–Kier alpha value is -1.65. The minimum atomic E-state index is 0.0827. The Morgan fingerprint density at radius 3 is 2.77 bits per heavy atom. The Kier molecular flexibility index (Phi) is 3.51. The molecule has 0 amide bonds. The van der Waals surface area contributed by atoms with Gasteiger partial charge < -0.3 is 0 Å². The number of hydrogen-bond donors (Lipinski definition) is 0. The van der Waals surface area contributed by atoms with Crippen LogP contribution in [0.25, 0.3) is 10.2 Å². The van der Waals surface area contributed by atoms with Crippen LogP contribution in [0, 0.1) is 0 Å². The molecule has 112 valence electrons. The first-order valence-corrected chi connectivity index (χ1v) is 8.66. The van der Waals surface area contributed by atoms with Gasteiger partial charge in [-0.05, 0) is 48.9 Å². The number of nitrogens with zero attached hydrogens (tertiary/aromatic N) is 2. The molecule has 3 aromatic rings. The molecule has 2 heterocycles. The smallest absolute Gasteiger partial charge is 0.262 e. The van der Waals surface area contributed by atoms with Crippen LogP contribution in [-0.2, 0) is 19.4 Å². The normalized spacial score (nSPS) is 14.2. The van der Waals surface area contributed by atoms with Gasteiger partial charge >= 0.3 is 0 Å². The Bertz CT molecular complexity index is 895. The zero-order valence-electron chi connectivity index (χ0n) is 12.0. The van der Waals surface area contributed by atoms with Crippen LogP contribution >= 0.6 is 22.9 Å². The summed E-state index contributed by atoms with van der Waals surface area (Å²) in [5.74, 6) is 0. The average molecular weight is 331 g/mol. The molecule has 2 aromatic heterocycles. The first-order valence-electron chi connectivity index (χ1n) is 7.46. The van der Waals surface area contributed by atoms with Crippen LogP contribution in [0.3, 0.4) is 0 Å². The number of fused-ring (bicyclic) bond motifs is 3. The third-order valence-corrected chi connectivity index (χ3v) is 5.66. The van der Waals surface area contributed by atoms with Crippen molar-refractivity contribution in [3.05, 3.63) is 62.0 Å². The Balaban J connectivity index is 1.80. The number of rotatable bonds is 2. The molecule has 0 atom stereocenters. The molecule has 0 fully saturated rings. The highest BCUT2D eigenvalue weighted by Crippen LogP contribution is 2.33. The molecule has 0 saturated carbocycles. The molecular weight excluding hydrogens is 316 g/mol. The molecule has 1 aromatic carbocycles. The first kappa shape index (κ1) is 14.0. The van der Waals surface area contributed by atoms with Crippen LogP contribution in [0.4, 0.5) is 0 Å². The molecule has 0 N–H and O–H groups in total. The lowest BCUT2D eigenvalue weighted by molar-refractivity contribution is 0.697. The van der Waals surface area contributed by atoms with Gasteiger partial charge in [-0.15, -0.1) is 11.3 Å². The maximum absolute atomic E-state index is 12.8. The van der Waals surface area contributed by atoms with E-state index in [4.69, 9.17) is 11.6 Å². The van der Waals surface area contributed by atoms with E-state index in [0.717, 1.165) is 28.6 Å². The van der Waals surface area contributed by atoms with Crippen LogP contribution in [0.2, 0.25) is 5.02 Å². The molecule has 4 rings (SSSR count). The molecule has 3 nitrogen and oxygen atoms in total. The quantitative estimate of drug-likeness (QED) is 0.710. The van der Waals surface area contributed by atoms with Crippen LogP contribution in [0.5, 0.6) is 0 Å². The van der Waals surface area contributed by atoms with Gasteiger partial charge in [-0.3, -0.25) is 9.36 Å².